The van der Waals surface area contributed by atoms with Gasteiger partial charge in [-0.2, -0.15) is 0 Å². The maximum absolute atomic E-state index is 7.23. The minimum atomic E-state index is 0.124. The van der Waals surface area contributed by atoms with Crippen LogP contribution in [0.4, 0.5) is 0 Å². The van der Waals surface area contributed by atoms with Crippen molar-refractivity contribution in [3.05, 3.63) is 10.7 Å². The molecule has 56 valence electrons. The number of nitrogens with one attached hydrogen (secondary N) is 1. The third-order valence-electron chi connectivity index (χ3n) is 1.38. The van der Waals surface area contributed by atoms with Gasteiger partial charge in [-0.25, -0.2) is 0 Å². The summed E-state index contributed by atoms with van der Waals surface area (Å²) in [4.78, 5) is 0. The third kappa shape index (κ3) is 1.42. The van der Waals surface area contributed by atoms with Gasteiger partial charge in [-0.15, -0.1) is 0 Å². The van der Waals surface area contributed by atoms with Crippen molar-refractivity contribution in [3.8, 4) is 0 Å². The van der Waals surface area contributed by atoms with Gasteiger partial charge in [0.25, 0.3) is 0 Å². The molecule has 0 aromatic rings. The van der Waals surface area contributed by atoms with Crippen LogP contribution in [0.1, 0.15) is 12.8 Å². The molecule has 3 nitrogen and oxygen atoms in total. The maximum atomic E-state index is 7.23. The number of rotatable bonds is 0. The Morgan fingerprint density at radius 2 is 2.40 bits per heavy atom. The molecular formula is C6H9ClN2O. The van der Waals surface area contributed by atoms with Crippen molar-refractivity contribution in [2.24, 2.45) is 5.73 Å². The lowest BCUT2D eigenvalue weighted by atomic mass is 10.1. The molecule has 0 bridgehead atoms. The van der Waals surface area contributed by atoms with E-state index in [4.69, 9.17) is 27.5 Å². The zero-order valence-corrected chi connectivity index (χ0v) is 6.24. The molecule has 0 radical (unpaired) electrons. The van der Waals surface area contributed by atoms with E-state index < -0.39 is 0 Å². The quantitative estimate of drug-likeness (QED) is 0.523. The van der Waals surface area contributed by atoms with E-state index in [1.165, 1.54) is 0 Å². The Morgan fingerprint density at radius 3 is 2.80 bits per heavy atom. The van der Waals surface area contributed by atoms with Crippen LogP contribution < -0.4 is 5.73 Å². The van der Waals surface area contributed by atoms with Gasteiger partial charge in [0.15, 0.2) is 0 Å². The smallest absolute Gasteiger partial charge is 0.212 e. The lowest BCUT2D eigenvalue weighted by molar-refractivity contribution is 0.277. The van der Waals surface area contributed by atoms with Crippen molar-refractivity contribution >= 4 is 17.5 Å². The third-order valence-corrected chi connectivity index (χ3v) is 1.61. The van der Waals surface area contributed by atoms with Gasteiger partial charge in [-0.3, -0.25) is 5.41 Å². The van der Waals surface area contributed by atoms with Crippen LogP contribution in [0.3, 0.4) is 0 Å². The molecule has 0 amide bonds. The Hall–Kier alpha value is -0.700. The Bertz CT molecular complexity index is 184. The van der Waals surface area contributed by atoms with Crippen LogP contribution in [0.2, 0.25) is 0 Å². The molecule has 1 aliphatic heterocycles. The zero-order valence-electron chi connectivity index (χ0n) is 5.48. The van der Waals surface area contributed by atoms with Crippen molar-refractivity contribution in [1.29, 1.82) is 5.41 Å². The highest BCUT2D eigenvalue weighted by Gasteiger charge is 2.14. The molecule has 0 atom stereocenters. The molecule has 4 heteroatoms. The second-order valence-corrected chi connectivity index (χ2v) is 2.51. The van der Waals surface area contributed by atoms with E-state index in [-0.39, 0.29) is 11.1 Å². The number of hydrogen-bond acceptors (Lipinski definition) is 3. The van der Waals surface area contributed by atoms with Crippen LogP contribution in [0.5, 0.6) is 0 Å². The van der Waals surface area contributed by atoms with Crippen molar-refractivity contribution in [3.63, 3.8) is 0 Å². The summed E-state index contributed by atoms with van der Waals surface area (Å²) in [5.74, 6) is 0.124. The molecule has 0 aliphatic carbocycles. The van der Waals surface area contributed by atoms with E-state index in [0.717, 1.165) is 12.8 Å². The summed E-state index contributed by atoms with van der Waals surface area (Å²) < 4.78 is 4.91. The summed E-state index contributed by atoms with van der Waals surface area (Å²) in [7, 11) is 0. The molecule has 0 aromatic carbocycles. The molecule has 3 N–H and O–H groups in total. The Kier molecular flexibility index (Phi) is 2.17. The fraction of sp³-hybridized carbons (Fsp3) is 0.500. The molecule has 0 spiro atoms. The highest BCUT2D eigenvalue weighted by atomic mass is 35.5. The van der Waals surface area contributed by atoms with E-state index in [2.05, 4.69) is 0 Å². The minimum Gasteiger partial charge on any atom is -0.478 e. The first-order valence-electron chi connectivity index (χ1n) is 3.07. The van der Waals surface area contributed by atoms with E-state index >= 15 is 0 Å². The van der Waals surface area contributed by atoms with E-state index in [9.17, 15) is 0 Å². The molecule has 1 rings (SSSR count). The van der Waals surface area contributed by atoms with Gasteiger partial charge in [-0.05, 0) is 12.8 Å². The van der Waals surface area contributed by atoms with Crippen LogP contribution in [0, 0.1) is 5.41 Å². The first-order valence-corrected chi connectivity index (χ1v) is 3.45. The number of nitrogens with two attached hydrogens (primary N) is 1. The molecular weight excluding hydrogens is 152 g/mol. The maximum Gasteiger partial charge on any atom is 0.212 e. The monoisotopic (exact) mass is 160 g/mol. The lowest BCUT2D eigenvalue weighted by Crippen LogP contribution is -2.17. The normalized spacial score (nSPS) is 23.9. The highest BCUT2D eigenvalue weighted by molar-refractivity contribution is 6.31. The Labute approximate surface area is 64.3 Å². The molecule has 1 heterocycles. The fourth-order valence-electron chi connectivity index (χ4n) is 0.852. The number of ether oxygens (including phenoxy) is 1. The molecule has 1 fully saturated rings. The van der Waals surface area contributed by atoms with Crippen LogP contribution in [0.25, 0.3) is 0 Å². The average molecular weight is 161 g/mol. The summed E-state index contributed by atoms with van der Waals surface area (Å²) in [6.45, 7) is 0.604. The second-order valence-electron chi connectivity index (χ2n) is 2.11. The van der Waals surface area contributed by atoms with Crippen LogP contribution >= 0.6 is 11.6 Å². The van der Waals surface area contributed by atoms with Crippen LogP contribution in [-0.4, -0.2) is 12.5 Å². The van der Waals surface area contributed by atoms with Gasteiger partial charge in [0, 0.05) is 5.57 Å². The Balaban J connectivity index is 2.75. The van der Waals surface area contributed by atoms with Crippen molar-refractivity contribution in [1.82, 2.24) is 0 Å². The zero-order chi connectivity index (χ0) is 7.56. The van der Waals surface area contributed by atoms with E-state index in [1.807, 2.05) is 0 Å². The lowest BCUT2D eigenvalue weighted by Gasteiger charge is -2.16. The topological polar surface area (TPSA) is 59.1 Å². The first-order chi connectivity index (χ1) is 4.72. The van der Waals surface area contributed by atoms with Gasteiger partial charge < -0.3 is 10.5 Å². The molecule has 10 heavy (non-hydrogen) atoms. The predicted octanol–water partition coefficient (Wildman–Crippen LogP) is 1.18. The highest BCUT2D eigenvalue weighted by Crippen LogP contribution is 2.17. The van der Waals surface area contributed by atoms with Crippen LogP contribution in [-0.2, 0) is 4.74 Å². The van der Waals surface area contributed by atoms with Gasteiger partial charge in [0.1, 0.15) is 5.16 Å². The van der Waals surface area contributed by atoms with Gasteiger partial charge in [0.2, 0.25) is 5.90 Å². The SMILES string of the molecule is N=C1OCCC/C1=C(/N)Cl. The molecule has 0 unspecified atom stereocenters. The summed E-state index contributed by atoms with van der Waals surface area (Å²) in [6.07, 6.45) is 1.65. The average Bonchev–Trinajstić information content (AvgIpc) is 1.88. The summed E-state index contributed by atoms with van der Waals surface area (Å²) in [5, 5.41) is 7.42. The fourth-order valence-corrected chi connectivity index (χ4v) is 1.03. The predicted molar refractivity (Wildman–Crippen MR) is 40.0 cm³/mol. The minimum absolute atomic E-state index is 0.124. The molecule has 0 saturated carbocycles. The summed E-state index contributed by atoms with van der Waals surface area (Å²) >= 11 is 5.49. The molecule has 0 aromatic heterocycles. The number of hydrogen-bond donors (Lipinski definition) is 2. The summed E-state index contributed by atoms with van der Waals surface area (Å²) in [6, 6.07) is 0. The largest absolute Gasteiger partial charge is 0.478 e. The first kappa shape index (κ1) is 7.41. The van der Waals surface area contributed by atoms with E-state index in [0.29, 0.717) is 12.2 Å². The van der Waals surface area contributed by atoms with Gasteiger partial charge >= 0.3 is 0 Å². The second kappa shape index (κ2) is 2.92. The molecule has 1 aliphatic rings. The van der Waals surface area contributed by atoms with Crippen molar-refractivity contribution in [2.45, 2.75) is 12.8 Å². The Morgan fingerprint density at radius 1 is 1.70 bits per heavy atom. The van der Waals surface area contributed by atoms with Crippen molar-refractivity contribution in [2.75, 3.05) is 6.61 Å². The summed E-state index contributed by atoms with van der Waals surface area (Å²) in [5.41, 5.74) is 5.91. The van der Waals surface area contributed by atoms with E-state index in [1.54, 1.807) is 0 Å². The van der Waals surface area contributed by atoms with Crippen LogP contribution in [0.15, 0.2) is 10.7 Å². The van der Waals surface area contributed by atoms with Crippen molar-refractivity contribution < 1.29 is 4.74 Å². The number of halogens is 1. The van der Waals surface area contributed by atoms with Gasteiger partial charge in [-0.1, -0.05) is 11.6 Å². The molecule has 1 saturated heterocycles. The van der Waals surface area contributed by atoms with Gasteiger partial charge in [0.05, 0.1) is 6.61 Å². The standard InChI is InChI=1S/C6H9ClN2O/c7-5(8)4-2-1-3-10-6(4)9/h9H,1-3,8H2/b5-4-,9-6?.